The number of amidine groups is 1. The number of aliphatic imine (C=N–C) groups is 1. The maximum Gasteiger partial charge on any atom is 0.148 e. The predicted octanol–water partition coefficient (Wildman–Crippen LogP) is -0.0936. The molecule has 2 N–H and O–H groups in total. The third-order valence-electron chi connectivity index (χ3n) is 1.98. The van der Waals surface area contributed by atoms with Crippen LogP contribution < -0.4 is 5.73 Å². The Balaban J connectivity index is 2.22. The molecule has 1 saturated heterocycles. The van der Waals surface area contributed by atoms with Crippen molar-refractivity contribution in [3.05, 3.63) is 0 Å². The van der Waals surface area contributed by atoms with Crippen molar-refractivity contribution in [1.29, 1.82) is 0 Å². The fourth-order valence-corrected chi connectivity index (χ4v) is 1.22. The average molecular weight is 126 g/mol. The zero-order valence-corrected chi connectivity index (χ0v) is 5.26. The number of epoxide rings is 1. The highest BCUT2D eigenvalue weighted by atomic mass is 16.6. The van der Waals surface area contributed by atoms with Crippen molar-refractivity contribution in [2.45, 2.75) is 18.4 Å². The molecule has 9 heavy (non-hydrogen) atoms. The van der Waals surface area contributed by atoms with Crippen LogP contribution in [0.2, 0.25) is 0 Å². The highest BCUT2D eigenvalue weighted by Gasteiger charge is 2.49. The van der Waals surface area contributed by atoms with Gasteiger partial charge in [0, 0.05) is 6.54 Å². The summed E-state index contributed by atoms with van der Waals surface area (Å²) in [6.45, 7) is 1.68. The molecule has 0 radical (unpaired) electrons. The summed E-state index contributed by atoms with van der Waals surface area (Å²) < 4.78 is 5.19. The maximum atomic E-state index is 5.60. The van der Waals surface area contributed by atoms with Gasteiger partial charge in [0.05, 0.1) is 6.61 Å². The first-order valence-corrected chi connectivity index (χ1v) is 3.28. The van der Waals surface area contributed by atoms with E-state index in [0.717, 1.165) is 26.0 Å². The lowest BCUT2D eigenvalue weighted by atomic mass is 10.0. The van der Waals surface area contributed by atoms with Crippen LogP contribution in [0, 0.1) is 0 Å². The molecule has 0 aliphatic carbocycles. The Morgan fingerprint density at radius 1 is 1.67 bits per heavy atom. The van der Waals surface area contributed by atoms with Gasteiger partial charge >= 0.3 is 0 Å². The average Bonchev–Trinajstić information content (AvgIpc) is 2.60. The molecule has 1 unspecified atom stereocenters. The second kappa shape index (κ2) is 1.48. The summed E-state index contributed by atoms with van der Waals surface area (Å²) in [4.78, 5) is 4.11. The third kappa shape index (κ3) is 0.645. The minimum Gasteiger partial charge on any atom is -0.385 e. The molecule has 3 nitrogen and oxygen atoms in total. The molecular weight excluding hydrogens is 116 g/mol. The fraction of sp³-hybridized carbons (Fsp3) is 0.833. The van der Waals surface area contributed by atoms with Gasteiger partial charge in [-0.05, 0) is 12.8 Å². The molecule has 3 heteroatoms. The van der Waals surface area contributed by atoms with Crippen LogP contribution in [0.15, 0.2) is 4.99 Å². The molecule has 50 valence electrons. The Kier molecular flexibility index (Phi) is 0.858. The van der Waals surface area contributed by atoms with E-state index in [4.69, 9.17) is 10.5 Å². The van der Waals surface area contributed by atoms with E-state index in [1.54, 1.807) is 0 Å². The maximum absolute atomic E-state index is 5.60. The number of rotatable bonds is 0. The van der Waals surface area contributed by atoms with E-state index in [0.29, 0.717) is 5.84 Å². The largest absolute Gasteiger partial charge is 0.385 e. The summed E-state index contributed by atoms with van der Waals surface area (Å²) in [6.07, 6.45) is 2.20. The van der Waals surface area contributed by atoms with Gasteiger partial charge in [-0.25, -0.2) is 0 Å². The lowest BCUT2D eigenvalue weighted by molar-refractivity contribution is 0.340. The van der Waals surface area contributed by atoms with Crippen molar-refractivity contribution >= 4 is 5.84 Å². The molecule has 1 spiro atoms. The smallest absolute Gasteiger partial charge is 0.148 e. The van der Waals surface area contributed by atoms with Gasteiger partial charge in [0.1, 0.15) is 11.4 Å². The van der Waals surface area contributed by atoms with Gasteiger partial charge in [0.2, 0.25) is 0 Å². The van der Waals surface area contributed by atoms with E-state index >= 15 is 0 Å². The standard InChI is InChI=1S/C6H10N2O/c7-5-6(4-9-6)2-1-3-8-5/h1-4H2,(H2,7,8). The topological polar surface area (TPSA) is 50.9 Å². The Labute approximate surface area is 53.9 Å². The van der Waals surface area contributed by atoms with Crippen molar-refractivity contribution < 1.29 is 4.74 Å². The second-order valence-electron chi connectivity index (χ2n) is 2.65. The molecular formula is C6H10N2O. The normalized spacial score (nSPS) is 40.7. The van der Waals surface area contributed by atoms with Crippen LogP contribution >= 0.6 is 0 Å². The van der Waals surface area contributed by atoms with Gasteiger partial charge < -0.3 is 10.5 Å². The molecule has 1 fully saturated rings. The summed E-state index contributed by atoms with van der Waals surface area (Å²) in [7, 11) is 0. The van der Waals surface area contributed by atoms with Crippen LogP contribution in [0.4, 0.5) is 0 Å². The van der Waals surface area contributed by atoms with Crippen molar-refractivity contribution in [3.8, 4) is 0 Å². The molecule has 0 bridgehead atoms. The van der Waals surface area contributed by atoms with Crippen LogP contribution in [-0.4, -0.2) is 24.6 Å². The zero-order chi connectivity index (χ0) is 6.32. The lowest BCUT2D eigenvalue weighted by Crippen LogP contribution is -2.35. The third-order valence-corrected chi connectivity index (χ3v) is 1.98. The quantitative estimate of drug-likeness (QED) is 0.461. The number of hydrogen-bond acceptors (Lipinski definition) is 3. The number of hydrogen-bond donors (Lipinski definition) is 1. The first-order valence-electron chi connectivity index (χ1n) is 3.28. The van der Waals surface area contributed by atoms with Gasteiger partial charge in [-0.3, -0.25) is 4.99 Å². The van der Waals surface area contributed by atoms with Gasteiger partial charge in [0.15, 0.2) is 0 Å². The summed E-state index contributed by atoms with van der Waals surface area (Å²) >= 11 is 0. The molecule has 0 aromatic rings. The van der Waals surface area contributed by atoms with E-state index in [2.05, 4.69) is 4.99 Å². The molecule has 2 heterocycles. The van der Waals surface area contributed by atoms with E-state index < -0.39 is 0 Å². The Bertz CT molecular complexity index is 160. The summed E-state index contributed by atoms with van der Waals surface area (Å²) in [5.74, 6) is 0.716. The summed E-state index contributed by atoms with van der Waals surface area (Å²) in [6, 6.07) is 0. The zero-order valence-electron chi connectivity index (χ0n) is 5.26. The molecule has 1 atom stereocenters. The van der Waals surface area contributed by atoms with Crippen molar-refractivity contribution in [1.82, 2.24) is 0 Å². The van der Waals surface area contributed by atoms with Crippen molar-refractivity contribution in [3.63, 3.8) is 0 Å². The number of nitrogens with two attached hydrogens (primary N) is 1. The molecule has 2 aliphatic heterocycles. The van der Waals surface area contributed by atoms with Crippen LogP contribution in [-0.2, 0) is 4.74 Å². The van der Waals surface area contributed by atoms with E-state index in [1.807, 2.05) is 0 Å². The highest BCUT2D eigenvalue weighted by molar-refractivity contribution is 5.91. The van der Waals surface area contributed by atoms with Gasteiger partial charge in [-0.2, -0.15) is 0 Å². The van der Waals surface area contributed by atoms with Crippen LogP contribution in [0.1, 0.15) is 12.8 Å². The summed E-state index contributed by atoms with van der Waals surface area (Å²) in [5, 5.41) is 0. The molecule has 0 saturated carbocycles. The molecule has 2 rings (SSSR count). The highest BCUT2D eigenvalue weighted by Crippen LogP contribution is 2.34. The lowest BCUT2D eigenvalue weighted by Gasteiger charge is -2.14. The fourth-order valence-electron chi connectivity index (χ4n) is 1.22. The SMILES string of the molecule is NC1=NCCCC12CO2. The Morgan fingerprint density at radius 2 is 2.44 bits per heavy atom. The van der Waals surface area contributed by atoms with E-state index in [-0.39, 0.29) is 5.60 Å². The molecule has 0 aromatic heterocycles. The van der Waals surface area contributed by atoms with Crippen LogP contribution in [0.3, 0.4) is 0 Å². The van der Waals surface area contributed by atoms with Gasteiger partial charge in [-0.1, -0.05) is 0 Å². The molecule has 0 amide bonds. The van der Waals surface area contributed by atoms with Crippen LogP contribution in [0.5, 0.6) is 0 Å². The minimum absolute atomic E-state index is 0.0851. The first kappa shape index (κ1) is 5.23. The summed E-state index contributed by atoms with van der Waals surface area (Å²) in [5.41, 5.74) is 5.51. The predicted molar refractivity (Wildman–Crippen MR) is 34.4 cm³/mol. The molecule has 0 aromatic carbocycles. The molecule has 2 aliphatic rings. The van der Waals surface area contributed by atoms with Gasteiger partial charge in [-0.15, -0.1) is 0 Å². The van der Waals surface area contributed by atoms with Crippen molar-refractivity contribution in [2.24, 2.45) is 10.7 Å². The number of nitrogens with zero attached hydrogens (tertiary/aromatic N) is 1. The monoisotopic (exact) mass is 126 g/mol. The van der Waals surface area contributed by atoms with Crippen LogP contribution in [0.25, 0.3) is 0 Å². The Hall–Kier alpha value is -0.570. The van der Waals surface area contributed by atoms with Gasteiger partial charge in [0.25, 0.3) is 0 Å². The first-order chi connectivity index (χ1) is 4.33. The minimum atomic E-state index is -0.0851. The Morgan fingerprint density at radius 3 is 2.89 bits per heavy atom. The van der Waals surface area contributed by atoms with E-state index in [9.17, 15) is 0 Å². The van der Waals surface area contributed by atoms with E-state index in [1.165, 1.54) is 0 Å². The van der Waals surface area contributed by atoms with Crippen molar-refractivity contribution in [2.75, 3.05) is 13.2 Å². The number of ether oxygens (including phenoxy) is 1. The second-order valence-corrected chi connectivity index (χ2v) is 2.65.